The Morgan fingerprint density at radius 3 is 1.77 bits per heavy atom. The molecule has 1 aromatic carbocycles. The van der Waals surface area contributed by atoms with E-state index in [-0.39, 0.29) is 38.3 Å². The maximum Gasteiger partial charge on any atom is 0.303 e. The molecule has 22 nitrogen and oxygen atoms in total. The number of amides is 9. The lowest BCUT2D eigenvalue weighted by atomic mass is 10.0. The van der Waals surface area contributed by atoms with Crippen LogP contribution in [0, 0.1) is 11.8 Å². The van der Waals surface area contributed by atoms with Gasteiger partial charge in [0, 0.05) is 25.9 Å². The summed E-state index contributed by atoms with van der Waals surface area (Å²) in [6.45, 7) is 11.5. The number of rotatable bonds is 27. The zero-order chi connectivity index (χ0) is 49.8. The Kier molecular flexibility index (Phi) is 23.2. The van der Waals surface area contributed by atoms with E-state index in [1.165, 1.54) is 25.7 Å². The summed E-state index contributed by atoms with van der Waals surface area (Å²) in [5.74, 6) is -7.70. The minimum atomic E-state index is -1.28. The Labute approximate surface area is 385 Å². The van der Waals surface area contributed by atoms with Crippen LogP contribution in [0.15, 0.2) is 30.3 Å². The SMILES string of the molecule is CC(C)[C@H](NC(=O)[C@H](C)NC(=O)[C@H](CCC(=O)O)NC(=O)[C@H](C)N)C(=O)NCCCC[C@H](NC(=O)[C@H](Cc1ccccc1)NC(=O)[C@@H]1CCCN1C(=O)[C@@H](NC(=O)[C@H](C)N)C(C)C)C(N)=O. The summed E-state index contributed by atoms with van der Waals surface area (Å²) in [5, 5.41) is 27.4. The summed E-state index contributed by atoms with van der Waals surface area (Å²) in [7, 11) is 0. The van der Waals surface area contributed by atoms with Crippen molar-refractivity contribution in [3.05, 3.63) is 35.9 Å². The Morgan fingerprint density at radius 1 is 0.652 bits per heavy atom. The van der Waals surface area contributed by atoms with Gasteiger partial charge in [-0.1, -0.05) is 58.0 Å². The van der Waals surface area contributed by atoms with Crippen molar-refractivity contribution >= 4 is 59.1 Å². The average Bonchev–Trinajstić information content (AvgIpc) is 3.75. The predicted octanol–water partition coefficient (Wildman–Crippen LogP) is -2.21. The first kappa shape index (κ1) is 56.0. The van der Waals surface area contributed by atoms with E-state index in [2.05, 4.69) is 37.2 Å². The van der Waals surface area contributed by atoms with Gasteiger partial charge in [0.15, 0.2) is 0 Å². The zero-order valence-corrected chi connectivity index (χ0v) is 39.0. The van der Waals surface area contributed by atoms with Crippen LogP contribution < -0.4 is 54.4 Å². The van der Waals surface area contributed by atoms with Crippen LogP contribution in [-0.4, -0.2) is 137 Å². The first-order valence-electron chi connectivity index (χ1n) is 22.4. The molecule has 1 aliphatic rings. The van der Waals surface area contributed by atoms with Crippen LogP contribution in [0.1, 0.15) is 99.0 Å². The van der Waals surface area contributed by atoms with Crippen molar-refractivity contribution < 1.29 is 53.1 Å². The van der Waals surface area contributed by atoms with Gasteiger partial charge in [-0.25, -0.2) is 0 Å². The number of aliphatic carboxylic acids is 1. The number of carboxylic acids is 1. The first-order valence-corrected chi connectivity index (χ1v) is 22.4. The van der Waals surface area contributed by atoms with E-state index in [1.54, 1.807) is 58.0 Å². The van der Waals surface area contributed by atoms with Crippen molar-refractivity contribution in [1.29, 1.82) is 0 Å². The van der Waals surface area contributed by atoms with Gasteiger partial charge in [0.25, 0.3) is 0 Å². The quantitative estimate of drug-likeness (QED) is 0.0418. The summed E-state index contributed by atoms with van der Waals surface area (Å²) in [5.41, 5.74) is 17.7. The highest BCUT2D eigenvalue weighted by Gasteiger charge is 2.40. The molecule has 1 saturated heterocycles. The van der Waals surface area contributed by atoms with Gasteiger partial charge >= 0.3 is 5.97 Å². The number of nitrogens with one attached hydrogen (secondary N) is 7. The minimum absolute atomic E-state index is 0.0496. The third-order valence-electron chi connectivity index (χ3n) is 11.0. The van der Waals surface area contributed by atoms with E-state index in [9.17, 15) is 47.9 Å². The highest BCUT2D eigenvalue weighted by molar-refractivity contribution is 5.97. The highest BCUT2D eigenvalue weighted by Crippen LogP contribution is 2.21. The number of carbonyl (C=O) groups excluding carboxylic acids is 9. The molecule has 0 unspecified atom stereocenters. The molecule has 0 bridgehead atoms. The van der Waals surface area contributed by atoms with Crippen LogP contribution in [0.5, 0.6) is 0 Å². The van der Waals surface area contributed by atoms with Crippen LogP contribution in [0.4, 0.5) is 0 Å². The van der Waals surface area contributed by atoms with Crippen LogP contribution >= 0.6 is 0 Å². The second-order valence-corrected chi connectivity index (χ2v) is 17.5. The van der Waals surface area contributed by atoms with Gasteiger partial charge in [-0.05, 0) is 76.7 Å². The Hall–Kier alpha value is -6.16. The third-order valence-corrected chi connectivity index (χ3v) is 11.0. The Morgan fingerprint density at radius 2 is 1.21 bits per heavy atom. The van der Waals surface area contributed by atoms with Crippen LogP contribution in [0.2, 0.25) is 0 Å². The van der Waals surface area contributed by atoms with Crippen LogP contribution in [-0.2, 0) is 54.4 Å². The molecule has 1 fully saturated rings. The van der Waals surface area contributed by atoms with Gasteiger partial charge in [-0.2, -0.15) is 0 Å². The number of likely N-dealkylation sites (tertiary alicyclic amines) is 1. The molecule has 0 saturated carbocycles. The molecule has 9 atom stereocenters. The second kappa shape index (κ2) is 27.3. The molecule has 368 valence electrons. The molecule has 1 aliphatic heterocycles. The Balaban J connectivity index is 2.05. The predicted molar refractivity (Wildman–Crippen MR) is 242 cm³/mol. The number of unbranched alkanes of at least 4 members (excludes halogenated alkanes) is 1. The smallest absolute Gasteiger partial charge is 0.303 e. The van der Waals surface area contributed by atoms with E-state index in [0.717, 1.165) is 0 Å². The number of benzene rings is 1. The van der Waals surface area contributed by atoms with Crippen molar-refractivity contribution in [1.82, 2.24) is 42.1 Å². The van der Waals surface area contributed by atoms with Crippen LogP contribution in [0.3, 0.4) is 0 Å². The molecule has 0 radical (unpaired) electrons. The molecular formula is C44H71N11O11. The number of hydrogen-bond acceptors (Lipinski definition) is 12. The molecule has 22 heteroatoms. The summed E-state index contributed by atoms with van der Waals surface area (Å²) < 4.78 is 0. The topological polar surface area (TPSA) is 356 Å². The van der Waals surface area contributed by atoms with Gasteiger partial charge < -0.3 is 64.4 Å². The fourth-order valence-electron chi connectivity index (χ4n) is 6.99. The second-order valence-electron chi connectivity index (χ2n) is 17.5. The van der Waals surface area contributed by atoms with Gasteiger partial charge in [-0.3, -0.25) is 47.9 Å². The molecule has 0 spiro atoms. The number of nitrogens with zero attached hydrogens (tertiary/aromatic N) is 1. The van der Waals surface area contributed by atoms with Crippen molar-refractivity contribution in [2.24, 2.45) is 29.0 Å². The number of nitrogens with two attached hydrogens (primary N) is 3. The van der Waals surface area contributed by atoms with E-state index in [1.807, 2.05) is 0 Å². The lowest BCUT2D eigenvalue weighted by molar-refractivity contribution is -0.143. The maximum absolute atomic E-state index is 13.9. The lowest BCUT2D eigenvalue weighted by Gasteiger charge is -2.31. The summed E-state index contributed by atoms with van der Waals surface area (Å²) in [4.78, 5) is 130. The van der Waals surface area contributed by atoms with Gasteiger partial charge in [0.05, 0.1) is 12.1 Å². The highest BCUT2D eigenvalue weighted by atomic mass is 16.4. The fourth-order valence-corrected chi connectivity index (χ4v) is 6.99. The molecule has 2 rings (SSSR count). The fraction of sp³-hybridized carbons (Fsp3) is 0.636. The molecule has 0 aromatic heterocycles. The molecule has 0 aliphatic carbocycles. The standard InChI is InChI=1S/C44H71N11O11/c1-23(2)34(53-39(61)27(7)49-40(62)30(18-19-33(56)57)51-37(59)25(5)45)43(65)48-20-12-11-16-29(36(47)58)50-41(63)31(22-28-14-9-8-10-15-28)52-42(64)32-17-13-21-55(32)44(66)35(24(3)4)54-38(60)26(6)46/h8-10,14-15,23-27,29-32,34-35H,11-13,16-22,45-46H2,1-7H3,(H2,47,58)(H,48,65)(H,49,62)(H,50,63)(H,51,59)(H,52,64)(H,53,61)(H,54,60)(H,56,57)/t25-,26-,27-,29-,30-,31-,32-,34-,35-/m0/s1. The van der Waals surface area contributed by atoms with Gasteiger partial charge in [0.1, 0.15) is 42.3 Å². The van der Waals surface area contributed by atoms with Gasteiger partial charge in [0.2, 0.25) is 53.2 Å². The number of carbonyl (C=O) groups is 10. The van der Waals surface area contributed by atoms with Crippen molar-refractivity contribution in [2.45, 2.75) is 154 Å². The summed E-state index contributed by atoms with van der Waals surface area (Å²) >= 11 is 0. The third kappa shape index (κ3) is 18.4. The Bertz CT molecular complexity index is 1860. The van der Waals surface area contributed by atoms with E-state index >= 15 is 0 Å². The van der Waals surface area contributed by atoms with Crippen molar-refractivity contribution in [3.63, 3.8) is 0 Å². The van der Waals surface area contributed by atoms with Crippen LogP contribution in [0.25, 0.3) is 0 Å². The molecular weight excluding hydrogens is 859 g/mol. The maximum atomic E-state index is 13.9. The largest absolute Gasteiger partial charge is 0.481 e. The zero-order valence-electron chi connectivity index (χ0n) is 39.0. The molecule has 66 heavy (non-hydrogen) atoms. The summed E-state index contributed by atoms with van der Waals surface area (Å²) in [6.07, 6.45) is 0.910. The summed E-state index contributed by atoms with van der Waals surface area (Å²) in [6, 6.07) is -0.618. The lowest BCUT2D eigenvalue weighted by Crippen LogP contribution is -2.59. The van der Waals surface area contributed by atoms with Crippen molar-refractivity contribution in [3.8, 4) is 0 Å². The molecule has 14 N–H and O–H groups in total. The molecule has 1 heterocycles. The molecule has 1 aromatic rings. The molecule has 9 amide bonds. The minimum Gasteiger partial charge on any atom is -0.481 e. The van der Waals surface area contributed by atoms with E-state index in [4.69, 9.17) is 22.3 Å². The normalized spacial score (nSPS) is 17.1. The van der Waals surface area contributed by atoms with Crippen molar-refractivity contribution in [2.75, 3.05) is 13.1 Å². The number of hydrogen-bond donors (Lipinski definition) is 11. The number of primary amides is 1. The number of carboxylic acid groups (broad SMARTS) is 1. The van der Waals surface area contributed by atoms with Gasteiger partial charge in [-0.15, -0.1) is 0 Å². The average molecular weight is 930 g/mol. The first-order chi connectivity index (χ1) is 30.9. The van der Waals surface area contributed by atoms with E-state index < -0.39 is 126 Å². The van der Waals surface area contributed by atoms with E-state index in [0.29, 0.717) is 31.2 Å². The monoisotopic (exact) mass is 930 g/mol.